The average molecular weight is 463 g/mol. The fourth-order valence-corrected chi connectivity index (χ4v) is 3.92. The van der Waals surface area contributed by atoms with Gasteiger partial charge in [0.05, 0.1) is 12.7 Å². The summed E-state index contributed by atoms with van der Waals surface area (Å²) in [5.41, 5.74) is 0.899. The summed E-state index contributed by atoms with van der Waals surface area (Å²) in [6, 6.07) is 14.4. The molecule has 9 heteroatoms. The first kappa shape index (κ1) is 22.2. The van der Waals surface area contributed by atoms with E-state index in [0.29, 0.717) is 16.4 Å². The number of halogens is 1. The number of anilines is 1. The van der Waals surface area contributed by atoms with Crippen molar-refractivity contribution in [1.82, 2.24) is 14.5 Å². The van der Waals surface area contributed by atoms with E-state index in [0.717, 1.165) is 5.56 Å². The maximum Gasteiger partial charge on any atom is 0.277 e. The van der Waals surface area contributed by atoms with E-state index in [1.165, 1.54) is 46.4 Å². The molecule has 33 heavy (non-hydrogen) atoms. The molecule has 0 atom stereocenters. The topological polar surface area (TPSA) is 93.9 Å². The molecule has 166 valence electrons. The molecule has 7 nitrogen and oxygen atoms in total. The van der Waals surface area contributed by atoms with Crippen molar-refractivity contribution in [2.75, 3.05) is 5.32 Å². The molecule has 0 aliphatic rings. The zero-order valence-corrected chi connectivity index (χ0v) is 18.4. The van der Waals surface area contributed by atoms with Gasteiger partial charge >= 0.3 is 0 Å². The third-order valence-corrected chi connectivity index (χ3v) is 5.69. The van der Waals surface area contributed by atoms with Crippen LogP contribution >= 0.6 is 11.3 Å². The Bertz CT molecular complexity index is 1360. The van der Waals surface area contributed by atoms with Crippen LogP contribution in [0.15, 0.2) is 71.0 Å². The summed E-state index contributed by atoms with van der Waals surface area (Å²) in [6.45, 7) is 1.75. The first-order valence-electron chi connectivity index (χ1n) is 10.2. The van der Waals surface area contributed by atoms with E-state index in [9.17, 15) is 18.8 Å². The minimum absolute atomic E-state index is 0.0628. The van der Waals surface area contributed by atoms with Crippen LogP contribution in [-0.4, -0.2) is 26.2 Å². The van der Waals surface area contributed by atoms with Gasteiger partial charge in [0.2, 0.25) is 11.7 Å². The van der Waals surface area contributed by atoms with E-state index in [1.807, 2.05) is 30.3 Å². The third-order valence-electron chi connectivity index (χ3n) is 4.86. The smallest absolute Gasteiger partial charge is 0.277 e. The summed E-state index contributed by atoms with van der Waals surface area (Å²) in [7, 11) is 0. The summed E-state index contributed by atoms with van der Waals surface area (Å²) in [5.74, 6) is -0.651. The van der Waals surface area contributed by atoms with Crippen LogP contribution in [0, 0.1) is 5.82 Å². The van der Waals surface area contributed by atoms with Gasteiger partial charge in [0, 0.05) is 22.9 Å². The lowest BCUT2D eigenvalue weighted by atomic mass is 10.1. The number of carbonyl (C=O) groups excluding carboxylic acids is 2. The van der Waals surface area contributed by atoms with Crippen LogP contribution in [0.1, 0.15) is 34.4 Å². The molecule has 1 amide bonds. The van der Waals surface area contributed by atoms with Crippen molar-refractivity contribution >= 4 is 28.7 Å². The van der Waals surface area contributed by atoms with Gasteiger partial charge < -0.3 is 5.32 Å². The molecule has 0 bridgehead atoms. The van der Waals surface area contributed by atoms with Gasteiger partial charge in [-0.05, 0) is 24.3 Å². The summed E-state index contributed by atoms with van der Waals surface area (Å²) >= 11 is 1.23. The Kier molecular flexibility index (Phi) is 6.50. The van der Waals surface area contributed by atoms with E-state index < -0.39 is 11.4 Å². The lowest BCUT2D eigenvalue weighted by Crippen LogP contribution is -2.28. The fraction of sp³-hybridized carbons (Fsp3) is 0.125. The maximum absolute atomic E-state index is 13.2. The third kappa shape index (κ3) is 4.93. The quantitative estimate of drug-likeness (QED) is 0.417. The Morgan fingerprint density at radius 3 is 2.52 bits per heavy atom. The van der Waals surface area contributed by atoms with Gasteiger partial charge in [0.15, 0.2) is 0 Å². The van der Waals surface area contributed by atoms with Crippen molar-refractivity contribution in [3.8, 4) is 11.4 Å². The number of aromatic nitrogens is 3. The van der Waals surface area contributed by atoms with Gasteiger partial charge in [0.25, 0.3) is 5.56 Å². The molecule has 4 aromatic rings. The van der Waals surface area contributed by atoms with Crippen LogP contribution in [0.2, 0.25) is 0 Å². The fourth-order valence-electron chi connectivity index (χ4n) is 3.15. The van der Waals surface area contributed by atoms with Crippen molar-refractivity contribution < 1.29 is 14.0 Å². The molecule has 0 spiro atoms. The zero-order valence-electron chi connectivity index (χ0n) is 17.6. The number of ketones is 1. The summed E-state index contributed by atoms with van der Waals surface area (Å²) in [5, 5.41) is 4.69. The number of carbonyl (C=O) groups is 2. The van der Waals surface area contributed by atoms with Crippen molar-refractivity contribution in [1.29, 1.82) is 0 Å². The summed E-state index contributed by atoms with van der Waals surface area (Å²) in [6.07, 6.45) is 1.57. The van der Waals surface area contributed by atoms with Gasteiger partial charge in [-0.1, -0.05) is 37.3 Å². The van der Waals surface area contributed by atoms with E-state index in [2.05, 4.69) is 15.3 Å². The Hall–Kier alpha value is -3.98. The molecule has 0 unspecified atom stereocenters. The highest BCUT2D eigenvalue weighted by Crippen LogP contribution is 2.20. The van der Waals surface area contributed by atoms with Crippen LogP contribution in [0.4, 0.5) is 10.1 Å². The second kappa shape index (κ2) is 9.66. The second-order valence-corrected chi connectivity index (χ2v) is 8.06. The predicted molar refractivity (Wildman–Crippen MR) is 124 cm³/mol. The number of rotatable bonds is 7. The van der Waals surface area contributed by atoms with Crippen LogP contribution in [0.3, 0.4) is 0 Å². The van der Waals surface area contributed by atoms with Crippen molar-refractivity contribution in [2.24, 2.45) is 0 Å². The first-order chi connectivity index (χ1) is 16.0. The number of amides is 1. The number of benzene rings is 2. The van der Waals surface area contributed by atoms with Gasteiger partial charge in [-0.25, -0.2) is 14.4 Å². The minimum atomic E-state index is -0.430. The van der Waals surface area contributed by atoms with Gasteiger partial charge in [0.1, 0.15) is 28.0 Å². The number of hydrogen-bond donors (Lipinski definition) is 1. The van der Waals surface area contributed by atoms with Gasteiger partial charge in [-0.15, -0.1) is 11.3 Å². The van der Waals surface area contributed by atoms with Crippen LogP contribution < -0.4 is 10.9 Å². The minimum Gasteiger partial charge on any atom is -0.320 e. The number of nitrogens with zero attached hydrogens (tertiary/aromatic N) is 3. The molecule has 0 aliphatic carbocycles. The van der Waals surface area contributed by atoms with E-state index in [4.69, 9.17) is 0 Å². The predicted octanol–water partition coefficient (Wildman–Crippen LogP) is 4.13. The molecule has 0 saturated heterocycles. The van der Waals surface area contributed by atoms with Crippen molar-refractivity contribution in [2.45, 2.75) is 19.9 Å². The molecule has 2 aromatic heterocycles. The molecule has 2 aromatic carbocycles. The van der Waals surface area contributed by atoms with E-state index in [-0.39, 0.29) is 36.0 Å². The Morgan fingerprint density at radius 2 is 1.82 bits per heavy atom. The first-order valence-corrected chi connectivity index (χ1v) is 11.0. The monoisotopic (exact) mass is 462 g/mol. The number of thiazole rings is 1. The lowest BCUT2D eigenvalue weighted by molar-refractivity contribution is -0.115. The zero-order chi connectivity index (χ0) is 23.4. The second-order valence-electron chi connectivity index (χ2n) is 7.12. The molecular formula is C24H19FN4O3S. The number of nitrogens with one attached hydrogen (secondary N) is 1. The normalized spacial score (nSPS) is 10.7. The molecular weight excluding hydrogens is 443 g/mol. The molecule has 4 rings (SSSR count). The van der Waals surface area contributed by atoms with Crippen LogP contribution in [0.5, 0.6) is 0 Å². The van der Waals surface area contributed by atoms with Crippen LogP contribution in [-0.2, 0) is 11.3 Å². The summed E-state index contributed by atoms with van der Waals surface area (Å²) in [4.78, 5) is 46.5. The molecule has 2 heterocycles. The lowest BCUT2D eigenvalue weighted by Gasteiger charge is -2.13. The standard InChI is InChI=1S/C24H19FN4O3S/c1-2-20(30)27-18-12-26-23(16-6-4-3-5-7-16)29(24(18)32)13-21-28-19(14-33-21)22(31)15-8-10-17(25)11-9-15/h3-12,14H,2,13H2,1H3,(H,27,30). The molecule has 1 N–H and O–H groups in total. The highest BCUT2D eigenvalue weighted by atomic mass is 32.1. The SMILES string of the molecule is CCC(=O)Nc1cnc(-c2ccccc2)n(Cc2nc(C(=O)c3ccc(F)cc3)cs2)c1=O. The van der Waals surface area contributed by atoms with Gasteiger partial charge in [-0.3, -0.25) is 19.0 Å². The van der Waals surface area contributed by atoms with E-state index >= 15 is 0 Å². The van der Waals surface area contributed by atoms with Crippen molar-refractivity contribution in [3.63, 3.8) is 0 Å². The van der Waals surface area contributed by atoms with E-state index in [1.54, 1.807) is 12.3 Å². The van der Waals surface area contributed by atoms with Crippen LogP contribution in [0.25, 0.3) is 11.4 Å². The van der Waals surface area contributed by atoms with Gasteiger partial charge in [-0.2, -0.15) is 0 Å². The summed E-state index contributed by atoms with van der Waals surface area (Å²) < 4.78 is 14.6. The molecule has 0 fully saturated rings. The molecule has 0 saturated carbocycles. The number of hydrogen-bond acceptors (Lipinski definition) is 6. The Balaban J connectivity index is 1.70. The highest BCUT2D eigenvalue weighted by Gasteiger charge is 2.17. The average Bonchev–Trinajstić information content (AvgIpc) is 3.31. The highest BCUT2D eigenvalue weighted by molar-refractivity contribution is 7.09. The Morgan fingerprint density at radius 1 is 1.09 bits per heavy atom. The maximum atomic E-state index is 13.2. The molecule has 0 radical (unpaired) electrons. The Labute approximate surface area is 192 Å². The van der Waals surface area contributed by atoms with Crippen molar-refractivity contribution in [3.05, 3.63) is 98.6 Å². The molecule has 0 aliphatic heterocycles. The largest absolute Gasteiger partial charge is 0.320 e.